The molecule has 1 aromatic rings. The molecule has 1 amide bonds. The smallest absolute Gasteiger partial charge is 0.287 e. The Morgan fingerprint density at radius 1 is 1.60 bits per heavy atom. The number of hydrogen-bond donors (Lipinski definition) is 2. The summed E-state index contributed by atoms with van der Waals surface area (Å²) in [6.07, 6.45) is 1.85. The van der Waals surface area contributed by atoms with E-state index in [0.717, 1.165) is 0 Å². The first kappa shape index (κ1) is 16.7. The highest BCUT2D eigenvalue weighted by Gasteiger charge is 2.21. The van der Waals surface area contributed by atoms with Crippen molar-refractivity contribution in [1.82, 2.24) is 5.32 Å². The molecule has 0 aromatic heterocycles. The average Bonchev–Trinajstić information content (AvgIpc) is 2.35. The van der Waals surface area contributed by atoms with Gasteiger partial charge in [0, 0.05) is 23.9 Å². The van der Waals surface area contributed by atoms with Gasteiger partial charge in [-0.15, -0.1) is 0 Å². The van der Waals surface area contributed by atoms with Crippen LogP contribution in [-0.4, -0.2) is 40.1 Å². The zero-order valence-corrected chi connectivity index (χ0v) is 12.6. The first-order valence-electron chi connectivity index (χ1n) is 5.70. The Morgan fingerprint density at radius 3 is 2.75 bits per heavy atom. The SMILES string of the molecule is CSCC(C)(O)CNC(=O)c1ccc([N+](=O)[O-])c(Cl)c1. The number of halogens is 1. The summed E-state index contributed by atoms with van der Waals surface area (Å²) in [5, 5.41) is 23.0. The number of amides is 1. The van der Waals surface area contributed by atoms with E-state index in [2.05, 4.69) is 5.32 Å². The van der Waals surface area contributed by atoms with Crippen LogP contribution in [0.15, 0.2) is 18.2 Å². The van der Waals surface area contributed by atoms with Crippen LogP contribution in [0.2, 0.25) is 5.02 Å². The fourth-order valence-corrected chi connectivity index (χ4v) is 2.50. The van der Waals surface area contributed by atoms with Crippen LogP contribution in [0.4, 0.5) is 5.69 Å². The maximum Gasteiger partial charge on any atom is 0.287 e. The number of benzene rings is 1. The molecule has 2 N–H and O–H groups in total. The summed E-state index contributed by atoms with van der Waals surface area (Å²) >= 11 is 7.20. The van der Waals surface area contributed by atoms with E-state index in [4.69, 9.17) is 11.6 Å². The van der Waals surface area contributed by atoms with E-state index >= 15 is 0 Å². The Bertz CT molecular complexity index is 522. The summed E-state index contributed by atoms with van der Waals surface area (Å²) in [4.78, 5) is 21.9. The standard InChI is InChI=1S/C12H15ClN2O4S/c1-12(17,7-20-2)6-14-11(16)8-3-4-10(15(18)19)9(13)5-8/h3-5,17H,6-7H2,1-2H3,(H,14,16). The number of carbonyl (C=O) groups is 1. The zero-order chi connectivity index (χ0) is 15.3. The lowest BCUT2D eigenvalue weighted by Gasteiger charge is -2.22. The zero-order valence-electron chi connectivity index (χ0n) is 11.1. The molecule has 1 aromatic carbocycles. The van der Waals surface area contributed by atoms with Gasteiger partial charge in [0.25, 0.3) is 11.6 Å². The van der Waals surface area contributed by atoms with Crippen molar-refractivity contribution in [1.29, 1.82) is 0 Å². The Labute approximate surface area is 125 Å². The third kappa shape index (κ3) is 4.66. The maximum atomic E-state index is 11.9. The molecule has 0 saturated heterocycles. The number of nitro groups is 1. The Morgan fingerprint density at radius 2 is 2.25 bits per heavy atom. The van der Waals surface area contributed by atoms with Gasteiger partial charge in [0.2, 0.25) is 0 Å². The maximum absolute atomic E-state index is 11.9. The Balaban J connectivity index is 2.74. The van der Waals surface area contributed by atoms with Gasteiger partial charge in [-0.25, -0.2) is 0 Å². The molecule has 0 fully saturated rings. The summed E-state index contributed by atoms with van der Waals surface area (Å²) in [5.74, 6) is 0.0390. The van der Waals surface area contributed by atoms with Crippen molar-refractivity contribution in [3.05, 3.63) is 38.9 Å². The number of nitro benzene ring substituents is 1. The molecular weight excluding hydrogens is 304 g/mol. The van der Waals surface area contributed by atoms with E-state index in [1.165, 1.54) is 30.0 Å². The summed E-state index contributed by atoms with van der Waals surface area (Å²) in [6, 6.07) is 3.73. The lowest BCUT2D eigenvalue weighted by atomic mass is 10.1. The van der Waals surface area contributed by atoms with Crippen molar-refractivity contribution >= 4 is 35.0 Å². The third-order valence-electron chi connectivity index (χ3n) is 2.49. The molecule has 20 heavy (non-hydrogen) atoms. The Hall–Kier alpha value is -1.31. The first-order chi connectivity index (χ1) is 9.26. The lowest BCUT2D eigenvalue weighted by molar-refractivity contribution is -0.384. The second kappa shape index (κ2) is 6.92. The quantitative estimate of drug-likeness (QED) is 0.619. The average molecular weight is 319 g/mol. The predicted octanol–water partition coefficient (Wildman–Crippen LogP) is 2.09. The minimum absolute atomic E-state index is 0.0846. The van der Waals surface area contributed by atoms with Crippen LogP contribution in [0.3, 0.4) is 0 Å². The molecule has 0 saturated carbocycles. The topological polar surface area (TPSA) is 92.5 Å². The molecule has 0 spiro atoms. The van der Waals surface area contributed by atoms with Crippen LogP contribution in [0, 0.1) is 10.1 Å². The summed E-state index contributed by atoms with van der Waals surface area (Å²) in [6.45, 7) is 1.70. The van der Waals surface area contributed by atoms with Crippen molar-refractivity contribution in [3.8, 4) is 0 Å². The van der Waals surface area contributed by atoms with Crippen LogP contribution in [0.25, 0.3) is 0 Å². The van der Waals surface area contributed by atoms with E-state index in [-0.39, 0.29) is 22.8 Å². The summed E-state index contributed by atoms with van der Waals surface area (Å²) in [5.41, 5.74) is -1.06. The second-order valence-electron chi connectivity index (χ2n) is 4.54. The van der Waals surface area contributed by atoms with Crippen molar-refractivity contribution in [2.75, 3.05) is 18.6 Å². The van der Waals surface area contributed by atoms with Crippen molar-refractivity contribution < 1.29 is 14.8 Å². The van der Waals surface area contributed by atoms with Gasteiger partial charge in [0.05, 0.1) is 10.5 Å². The predicted molar refractivity (Wildman–Crippen MR) is 79.4 cm³/mol. The number of nitrogens with one attached hydrogen (secondary N) is 1. The fourth-order valence-electron chi connectivity index (χ4n) is 1.53. The molecule has 1 atom stereocenters. The molecular formula is C12H15ClN2O4S. The number of thioether (sulfide) groups is 1. The van der Waals surface area contributed by atoms with Crippen LogP contribution in [-0.2, 0) is 0 Å². The molecule has 1 unspecified atom stereocenters. The highest BCUT2D eigenvalue weighted by molar-refractivity contribution is 7.98. The monoisotopic (exact) mass is 318 g/mol. The van der Waals surface area contributed by atoms with Gasteiger partial charge in [0.1, 0.15) is 5.02 Å². The number of rotatable bonds is 6. The molecule has 6 nitrogen and oxygen atoms in total. The van der Waals surface area contributed by atoms with Gasteiger partial charge >= 0.3 is 0 Å². The number of aliphatic hydroxyl groups is 1. The fraction of sp³-hybridized carbons (Fsp3) is 0.417. The van der Waals surface area contributed by atoms with E-state index in [1.54, 1.807) is 6.92 Å². The van der Waals surface area contributed by atoms with Crippen LogP contribution in [0.1, 0.15) is 17.3 Å². The van der Waals surface area contributed by atoms with Gasteiger partial charge in [-0.05, 0) is 25.3 Å². The molecule has 0 aliphatic carbocycles. The van der Waals surface area contributed by atoms with E-state index in [0.29, 0.717) is 5.75 Å². The van der Waals surface area contributed by atoms with Crippen molar-refractivity contribution in [2.45, 2.75) is 12.5 Å². The first-order valence-corrected chi connectivity index (χ1v) is 7.47. The lowest BCUT2D eigenvalue weighted by Crippen LogP contribution is -2.42. The minimum Gasteiger partial charge on any atom is -0.387 e. The molecule has 0 heterocycles. The summed E-state index contributed by atoms with van der Waals surface area (Å²) in [7, 11) is 0. The molecule has 0 aliphatic heterocycles. The van der Waals surface area contributed by atoms with Gasteiger partial charge in [0.15, 0.2) is 0 Å². The van der Waals surface area contributed by atoms with Gasteiger partial charge in [-0.3, -0.25) is 14.9 Å². The van der Waals surface area contributed by atoms with Gasteiger partial charge < -0.3 is 10.4 Å². The molecule has 8 heteroatoms. The van der Waals surface area contributed by atoms with E-state index in [1.807, 2.05) is 6.26 Å². The molecule has 0 aliphatic rings. The van der Waals surface area contributed by atoms with E-state index in [9.17, 15) is 20.0 Å². The number of carbonyl (C=O) groups excluding carboxylic acids is 1. The van der Waals surface area contributed by atoms with Crippen LogP contribution >= 0.6 is 23.4 Å². The minimum atomic E-state index is -1.01. The summed E-state index contributed by atoms with van der Waals surface area (Å²) < 4.78 is 0. The van der Waals surface area contributed by atoms with Crippen molar-refractivity contribution in [2.24, 2.45) is 0 Å². The molecule has 1 rings (SSSR count). The normalized spacial score (nSPS) is 13.6. The largest absolute Gasteiger partial charge is 0.387 e. The van der Waals surface area contributed by atoms with Gasteiger partial charge in [-0.2, -0.15) is 11.8 Å². The van der Waals surface area contributed by atoms with Gasteiger partial charge in [-0.1, -0.05) is 11.6 Å². The van der Waals surface area contributed by atoms with Crippen LogP contribution in [0.5, 0.6) is 0 Å². The molecule has 0 radical (unpaired) electrons. The number of nitrogens with zero attached hydrogens (tertiary/aromatic N) is 1. The van der Waals surface area contributed by atoms with Crippen molar-refractivity contribution in [3.63, 3.8) is 0 Å². The van der Waals surface area contributed by atoms with E-state index < -0.39 is 16.4 Å². The van der Waals surface area contributed by atoms with Crippen LogP contribution < -0.4 is 5.32 Å². The molecule has 0 bridgehead atoms. The molecule has 110 valence electrons. The third-order valence-corrected chi connectivity index (χ3v) is 3.70. The second-order valence-corrected chi connectivity index (χ2v) is 5.81. The Kier molecular flexibility index (Phi) is 5.79. The highest BCUT2D eigenvalue weighted by atomic mass is 35.5. The highest BCUT2D eigenvalue weighted by Crippen LogP contribution is 2.24. The number of hydrogen-bond acceptors (Lipinski definition) is 5.